The molecule has 3 rings (SSSR count). The lowest BCUT2D eigenvalue weighted by Crippen LogP contribution is -2.40. The fourth-order valence-corrected chi connectivity index (χ4v) is 3.50. The molecular formula is C16H22N2O4. The Bertz CT molecular complexity index is 568. The van der Waals surface area contributed by atoms with Crippen molar-refractivity contribution in [2.45, 2.75) is 38.2 Å². The van der Waals surface area contributed by atoms with Gasteiger partial charge in [-0.2, -0.15) is 0 Å². The van der Waals surface area contributed by atoms with Gasteiger partial charge in [-0.05, 0) is 49.7 Å². The van der Waals surface area contributed by atoms with Crippen molar-refractivity contribution in [3.63, 3.8) is 0 Å². The largest absolute Gasteiger partial charge is 0.478 e. The lowest BCUT2D eigenvalue weighted by Gasteiger charge is -2.35. The molecule has 2 heterocycles. The minimum Gasteiger partial charge on any atom is -0.478 e. The summed E-state index contributed by atoms with van der Waals surface area (Å²) in [5.74, 6) is -0.302. The van der Waals surface area contributed by atoms with Gasteiger partial charge in [0.2, 0.25) is 0 Å². The third-order valence-electron chi connectivity index (χ3n) is 4.83. The third-order valence-corrected chi connectivity index (χ3v) is 4.83. The van der Waals surface area contributed by atoms with Gasteiger partial charge in [-0.25, -0.2) is 9.78 Å². The highest BCUT2D eigenvalue weighted by Gasteiger charge is 2.29. The maximum absolute atomic E-state index is 11.5. The molecule has 1 unspecified atom stereocenters. The number of hydrogen-bond acceptors (Lipinski definition) is 5. The van der Waals surface area contributed by atoms with E-state index in [-0.39, 0.29) is 18.1 Å². The topological polar surface area (TPSA) is 93.9 Å². The van der Waals surface area contributed by atoms with Crippen molar-refractivity contribution in [3.8, 4) is 0 Å². The van der Waals surface area contributed by atoms with E-state index in [9.17, 15) is 15.0 Å². The minimum absolute atomic E-state index is 0.0731. The Morgan fingerprint density at radius 1 is 1.36 bits per heavy atom. The number of hydrogen-bond donors (Lipinski definition) is 3. The van der Waals surface area contributed by atoms with E-state index in [1.807, 2.05) is 4.90 Å². The van der Waals surface area contributed by atoms with Gasteiger partial charge in [0.25, 0.3) is 0 Å². The number of aromatic nitrogens is 1. The Kier molecular flexibility index (Phi) is 4.31. The van der Waals surface area contributed by atoms with E-state index in [0.29, 0.717) is 18.9 Å². The highest BCUT2D eigenvalue weighted by Crippen LogP contribution is 2.30. The average molecular weight is 306 g/mol. The molecule has 1 aromatic heterocycles. The van der Waals surface area contributed by atoms with Gasteiger partial charge in [-0.3, -0.25) is 0 Å². The number of carboxylic acids is 1. The third kappa shape index (κ3) is 2.80. The highest BCUT2D eigenvalue weighted by atomic mass is 16.4. The van der Waals surface area contributed by atoms with Crippen LogP contribution in [0.5, 0.6) is 0 Å². The molecular weight excluding hydrogens is 284 g/mol. The maximum Gasteiger partial charge on any atom is 0.339 e. The SMILES string of the molecule is O=C(O)c1cc2c(nc1N1CCC(C(O)CO)CC1)CCC2. The monoisotopic (exact) mass is 306 g/mol. The summed E-state index contributed by atoms with van der Waals surface area (Å²) in [6, 6.07) is 1.78. The van der Waals surface area contributed by atoms with E-state index in [1.165, 1.54) is 0 Å². The Hall–Kier alpha value is -1.66. The average Bonchev–Trinajstić information content (AvgIpc) is 3.00. The lowest BCUT2D eigenvalue weighted by atomic mass is 9.91. The molecule has 0 saturated carbocycles. The molecule has 0 radical (unpaired) electrons. The minimum atomic E-state index is -0.935. The Morgan fingerprint density at radius 2 is 2.09 bits per heavy atom. The van der Waals surface area contributed by atoms with Crippen molar-refractivity contribution in [1.29, 1.82) is 0 Å². The van der Waals surface area contributed by atoms with Gasteiger partial charge < -0.3 is 20.2 Å². The number of pyridine rings is 1. The predicted molar refractivity (Wildman–Crippen MR) is 81.3 cm³/mol. The van der Waals surface area contributed by atoms with Crippen LogP contribution in [0.3, 0.4) is 0 Å². The number of rotatable bonds is 4. The quantitative estimate of drug-likeness (QED) is 0.763. The number of piperidine rings is 1. The number of anilines is 1. The van der Waals surface area contributed by atoms with Crippen LogP contribution in [0.15, 0.2) is 6.07 Å². The lowest BCUT2D eigenvalue weighted by molar-refractivity contribution is 0.0376. The summed E-state index contributed by atoms with van der Waals surface area (Å²) in [4.78, 5) is 18.2. The normalized spacial score (nSPS) is 20.0. The van der Waals surface area contributed by atoms with Gasteiger partial charge >= 0.3 is 5.97 Å². The van der Waals surface area contributed by atoms with Crippen LogP contribution in [-0.2, 0) is 12.8 Å². The summed E-state index contributed by atoms with van der Waals surface area (Å²) >= 11 is 0. The second-order valence-electron chi connectivity index (χ2n) is 6.20. The van der Waals surface area contributed by atoms with Crippen LogP contribution in [0.2, 0.25) is 0 Å². The molecule has 1 saturated heterocycles. The fraction of sp³-hybridized carbons (Fsp3) is 0.625. The van der Waals surface area contributed by atoms with E-state index in [4.69, 9.17) is 5.11 Å². The van der Waals surface area contributed by atoms with Crippen LogP contribution < -0.4 is 4.90 Å². The first-order chi connectivity index (χ1) is 10.6. The molecule has 1 atom stereocenters. The summed E-state index contributed by atoms with van der Waals surface area (Å²) < 4.78 is 0. The first-order valence-corrected chi connectivity index (χ1v) is 7.90. The molecule has 120 valence electrons. The molecule has 0 aromatic carbocycles. The van der Waals surface area contributed by atoms with E-state index >= 15 is 0 Å². The standard InChI is InChI=1S/C16H22N2O4/c19-9-14(20)10-4-6-18(7-5-10)15-12(16(21)22)8-11-2-1-3-13(11)17-15/h8,10,14,19-20H,1-7,9H2,(H,21,22). The van der Waals surface area contributed by atoms with Crippen LogP contribution in [0.4, 0.5) is 5.82 Å². The summed E-state index contributed by atoms with van der Waals surface area (Å²) in [7, 11) is 0. The van der Waals surface area contributed by atoms with Gasteiger partial charge in [0.05, 0.1) is 12.7 Å². The molecule has 1 fully saturated rings. The van der Waals surface area contributed by atoms with E-state index in [0.717, 1.165) is 43.4 Å². The number of aliphatic hydroxyl groups is 2. The number of aliphatic hydroxyl groups excluding tert-OH is 2. The molecule has 1 aromatic rings. The fourth-order valence-electron chi connectivity index (χ4n) is 3.50. The number of aromatic carboxylic acids is 1. The van der Waals surface area contributed by atoms with E-state index in [2.05, 4.69) is 4.98 Å². The Balaban J connectivity index is 1.82. The number of fused-ring (bicyclic) bond motifs is 1. The van der Waals surface area contributed by atoms with Gasteiger partial charge in [0.1, 0.15) is 11.4 Å². The molecule has 1 aliphatic heterocycles. The van der Waals surface area contributed by atoms with E-state index < -0.39 is 12.1 Å². The number of aryl methyl sites for hydroxylation is 2. The van der Waals surface area contributed by atoms with Crippen molar-refractivity contribution >= 4 is 11.8 Å². The first-order valence-electron chi connectivity index (χ1n) is 7.90. The zero-order valence-electron chi connectivity index (χ0n) is 12.5. The molecule has 3 N–H and O–H groups in total. The van der Waals surface area contributed by atoms with Crippen molar-refractivity contribution in [2.75, 3.05) is 24.6 Å². The molecule has 6 nitrogen and oxygen atoms in total. The molecule has 22 heavy (non-hydrogen) atoms. The smallest absolute Gasteiger partial charge is 0.339 e. The van der Waals surface area contributed by atoms with Gasteiger partial charge in [-0.15, -0.1) is 0 Å². The Labute approximate surface area is 129 Å². The van der Waals surface area contributed by atoms with Crippen LogP contribution in [0.1, 0.15) is 40.9 Å². The summed E-state index contributed by atoms with van der Waals surface area (Å²) in [6.45, 7) is 1.10. The molecule has 0 spiro atoms. The number of nitrogens with zero attached hydrogens (tertiary/aromatic N) is 2. The summed E-state index contributed by atoms with van der Waals surface area (Å²) in [5, 5.41) is 28.2. The zero-order chi connectivity index (χ0) is 15.7. The van der Waals surface area contributed by atoms with Crippen molar-refractivity contribution in [3.05, 3.63) is 22.9 Å². The molecule has 1 aliphatic carbocycles. The number of carbonyl (C=O) groups is 1. The molecule has 0 bridgehead atoms. The van der Waals surface area contributed by atoms with E-state index in [1.54, 1.807) is 6.07 Å². The van der Waals surface area contributed by atoms with Gasteiger partial charge in [0, 0.05) is 18.8 Å². The summed E-state index contributed by atoms with van der Waals surface area (Å²) in [5.41, 5.74) is 2.37. The zero-order valence-corrected chi connectivity index (χ0v) is 12.5. The Morgan fingerprint density at radius 3 is 2.73 bits per heavy atom. The van der Waals surface area contributed by atoms with Crippen LogP contribution in [0.25, 0.3) is 0 Å². The van der Waals surface area contributed by atoms with Gasteiger partial charge in [0.15, 0.2) is 0 Å². The van der Waals surface area contributed by atoms with Crippen LogP contribution >= 0.6 is 0 Å². The van der Waals surface area contributed by atoms with Crippen molar-refractivity contribution in [2.24, 2.45) is 5.92 Å². The van der Waals surface area contributed by atoms with Crippen molar-refractivity contribution < 1.29 is 20.1 Å². The second-order valence-corrected chi connectivity index (χ2v) is 6.20. The number of carboxylic acid groups (broad SMARTS) is 1. The first kappa shape index (κ1) is 15.2. The molecule has 2 aliphatic rings. The highest BCUT2D eigenvalue weighted by molar-refractivity contribution is 5.93. The molecule has 0 amide bonds. The molecule has 6 heteroatoms. The maximum atomic E-state index is 11.5. The van der Waals surface area contributed by atoms with Crippen molar-refractivity contribution in [1.82, 2.24) is 4.98 Å². The van der Waals surface area contributed by atoms with Crippen LogP contribution in [0, 0.1) is 5.92 Å². The summed E-state index contributed by atoms with van der Waals surface area (Å²) in [6.07, 6.45) is 3.65. The second kappa shape index (κ2) is 6.22. The predicted octanol–water partition coefficient (Wildman–Crippen LogP) is 0.838. The van der Waals surface area contributed by atoms with Gasteiger partial charge in [-0.1, -0.05) is 0 Å². The van der Waals surface area contributed by atoms with Crippen LogP contribution in [-0.4, -0.2) is 52.1 Å².